The zero-order chi connectivity index (χ0) is 13.5. The van der Waals surface area contributed by atoms with Crippen molar-refractivity contribution in [2.24, 2.45) is 0 Å². The first-order chi connectivity index (χ1) is 8.37. The highest BCUT2D eigenvalue weighted by atomic mass is 32.2. The molecule has 2 N–H and O–H groups in total. The van der Waals surface area contributed by atoms with E-state index < -0.39 is 15.3 Å². The standard InChI is InChI=1S/C12H17N3O2S/c1-4-9-5-6-11-10(7-9)14-12(13)15(11)18(16,17)8(2)3/h5-8H,4H2,1-3H3,(H2,13,14). The molecule has 0 radical (unpaired) electrons. The highest BCUT2D eigenvalue weighted by molar-refractivity contribution is 7.90. The molecule has 0 aliphatic rings. The second-order valence-corrected chi connectivity index (χ2v) is 6.84. The van der Waals surface area contributed by atoms with E-state index >= 15 is 0 Å². The number of imidazole rings is 1. The molecule has 18 heavy (non-hydrogen) atoms. The monoisotopic (exact) mass is 267 g/mol. The van der Waals surface area contributed by atoms with Crippen molar-refractivity contribution in [2.75, 3.05) is 5.73 Å². The van der Waals surface area contributed by atoms with Gasteiger partial charge in [0.15, 0.2) is 0 Å². The van der Waals surface area contributed by atoms with E-state index in [0.717, 1.165) is 16.0 Å². The van der Waals surface area contributed by atoms with E-state index in [-0.39, 0.29) is 5.95 Å². The molecule has 0 fully saturated rings. The van der Waals surface area contributed by atoms with Gasteiger partial charge in [-0.1, -0.05) is 13.0 Å². The van der Waals surface area contributed by atoms with E-state index in [9.17, 15) is 8.42 Å². The van der Waals surface area contributed by atoms with Crippen molar-refractivity contribution in [3.63, 3.8) is 0 Å². The van der Waals surface area contributed by atoms with E-state index in [1.807, 2.05) is 19.1 Å². The number of nitrogens with two attached hydrogens (primary N) is 1. The minimum Gasteiger partial charge on any atom is -0.368 e. The van der Waals surface area contributed by atoms with Gasteiger partial charge in [-0.3, -0.25) is 0 Å². The van der Waals surface area contributed by atoms with Crippen LogP contribution in [0.15, 0.2) is 18.2 Å². The Morgan fingerprint density at radius 1 is 1.39 bits per heavy atom. The van der Waals surface area contributed by atoms with Crippen LogP contribution in [0.4, 0.5) is 5.95 Å². The van der Waals surface area contributed by atoms with Gasteiger partial charge in [0, 0.05) is 0 Å². The number of aryl methyl sites for hydroxylation is 1. The summed E-state index contributed by atoms with van der Waals surface area (Å²) in [7, 11) is -3.48. The lowest BCUT2D eigenvalue weighted by Gasteiger charge is -2.10. The van der Waals surface area contributed by atoms with Crippen molar-refractivity contribution in [3.8, 4) is 0 Å². The Bertz CT molecular complexity index is 687. The zero-order valence-corrected chi connectivity index (χ0v) is 11.5. The largest absolute Gasteiger partial charge is 0.368 e. The SMILES string of the molecule is CCc1ccc2c(c1)nc(N)n2S(=O)(=O)C(C)C. The van der Waals surface area contributed by atoms with Crippen LogP contribution in [0.2, 0.25) is 0 Å². The van der Waals surface area contributed by atoms with Crippen molar-refractivity contribution in [1.29, 1.82) is 0 Å². The Labute approximate surface area is 107 Å². The summed E-state index contributed by atoms with van der Waals surface area (Å²) in [5.74, 6) is 0.0203. The summed E-state index contributed by atoms with van der Waals surface area (Å²) >= 11 is 0. The molecule has 0 bridgehead atoms. The molecule has 1 aromatic carbocycles. The van der Waals surface area contributed by atoms with Crippen molar-refractivity contribution >= 4 is 27.0 Å². The Morgan fingerprint density at radius 2 is 2.06 bits per heavy atom. The predicted molar refractivity (Wildman–Crippen MR) is 73.0 cm³/mol. The normalized spacial score (nSPS) is 12.4. The molecule has 0 atom stereocenters. The van der Waals surface area contributed by atoms with Gasteiger partial charge in [0.25, 0.3) is 0 Å². The van der Waals surface area contributed by atoms with Crippen molar-refractivity contribution < 1.29 is 8.42 Å². The summed E-state index contributed by atoms with van der Waals surface area (Å²) in [5.41, 5.74) is 8.01. The highest BCUT2D eigenvalue weighted by Crippen LogP contribution is 2.23. The molecular weight excluding hydrogens is 250 g/mol. The minimum atomic E-state index is -3.48. The van der Waals surface area contributed by atoms with Crippen LogP contribution in [-0.2, 0) is 16.4 Å². The number of benzene rings is 1. The quantitative estimate of drug-likeness (QED) is 0.919. The lowest BCUT2D eigenvalue weighted by Crippen LogP contribution is -2.23. The molecule has 0 aliphatic heterocycles. The maximum Gasteiger partial charge on any atom is 0.244 e. The Hall–Kier alpha value is -1.56. The van der Waals surface area contributed by atoms with Gasteiger partial charge >= 0.3 is 0 Å². The number of nitrogen functional groups attached to an aromatic ring is 1. The second kappa shape index (κ2) is 4.28. The first kappa shape index (κ1) is 12.9. The lowest BCUT2D eigenvalue weighted by atomic mass is 10.1. The number of fused-ring (bicyclic) bond motifs is 1. The van der Waals surface area contributed by atoms with Crippen LogP contribution in [0.3, 0.4) is 0 Å². The number of anilines is 1. The third-order valence-electron chi connectivity index (χ3n) is 2.96. The lowest BCUT2D eigenvalue weighted by molar-refractivity contribution is 0.580. The molecule has 98 valence electrons. The Morgan fingerprint density at radius 3 is 2.61 bits per heavy atom. The van der Waals surface area contributed by atoms with Crippen LogP contribution in [0, 0.1) is 0 Å². The molecule has 1 aromatic heterocycles. The van der Waals surface area contributed by atoms with Crippen LogP contribution in [0.5, 0.6) is 0 Å². The molecule has 2 rings (SSSR count). The average molecular weight is 267 g/mol. The van der Waals surface area contributed by atoms with Crippen molar-refractivity contribution in [2.45, 2.75) is 32.4 Å². The molecule has 0 saturated carbocycles. The van der Waals surface area contributed by atoms with Gasteiger partial charge in [-0.2, -0.15) is 0 Å². The predicted octanol–water partition coefficient (Wildman–Crippen LogP) is 1.77. The minimum absolute atomic E-state index is 0.0203. The summed E-state index contributed by atoms with van der Waals surface area (Å²) in [6.45, 7) is 5.29. The van der Waals surface area contributed by atoms with Gasteiger partial charge in [-0.15, -0.1) is 0 Å². The summed E-state index contributed by atoms with van der Waals surface area (Å²) < 4.78 is 25.6. The molecule has 2 aromatic rings. The number of aromatic nitrogens is 2. The van der Waals surface area contributed by atoms with Crippen LogP contribution in [0.1, 0.15) is 26.3 Å². The second-order valence-electron chi connectivity index (χ2n) is 4.50. The van der Waals surface area contributed by atoms with E-state index in [4.69, 9.17) is 5.73 Å². The Kier molecular flexibility index (Phi) is 3.06. The summed E-state index contributed by atoms with van der Waals surface area (Å²) in [5, 5.41) is -0.539. The average Bonchev–Trinajstić information content (AvgIpc) is 2.63. The summed E-state index contributed by atoms with van der Waals surface area (Å²) in [6.07, 6.45) is 0.875. The van der Waals surface area contributed by atoms with Gasteiger partial charge in [0.05, 0.1) is 16.3 Å². The van der Waals surface area contributed by atoms with Crippen molar-refractivity contribution in [3.05, 3.63) is 23.8 Å². The van der Waals surface area contributed by atoms with Gasteiger partial charge in [0.1, 0.15) is 0 Å². The van der Waals surface area contributed by atoms with Gasteiger partial charge < -0.3 is 5.73 Å². The third-order valence-corrected chi connectivity index (χ3v) is 5.04. The maximum absolute atomic E-state index is 12.2. The van der Waals surface area contributed by atoms with Crippen molar-refractivity contribution in [1.82, 2.24) is 8.96 Å². The third kappa shape index (κ3) is 1.86. The van der Waals surface area contributed by atoms with Crippen LogP contribution < -0.4 is 5.73 Å². The Balaban J connectivity index is 2.77. The molecule has 6 heteroatoms. The topological polar surface area (TPSA) is 78.0 Å². The molecule has 1 heterocycles. The molecule has 0 aliphatic carbocycles. The van der Waals surface area contributed by atoms with E-state index in [1.165, 1.54) is 0 Å². The highest BCUT2D eigenvalue weighted by Gasteiger charge is 2.24. The molecule has 0 spiro atoms. The smallest absolute Gasteiger partial charge is 0.244 e. The van der Waals surface area contributed by atoms with Crippen LogP contribution in [-0.4, -0.2) is 22.6 Å². The molecule has 0 amide bonds. The van der Waals surface area contributed by atoms with E-state index in [1.54, 1.807) is 19.9 Å². The van der Waals surface area contributed by atoms with Gasteiger partial charge in [0.2, 0.25) is 16.0 Å². The fourth-order valence-electron chi connectivity index (χ4n) is 1.82. The fraction of sp³-hybridized carbons (Fsp3) is 0.417. The van der Waals surface area contributed by atoms with Gasteiger partial charge in [-0.05, 0) is 38.0 Å². The molecule has 0 unspecified atom stereocenters. The summed E-state index contributed by atoms with van der Waals surface area (Å²) in [6, 6.07) is 5.53. The fourth-order valence-corrected chi connectivity index (χ4v) is 2.97. The summed E-state index contributed by atoms with van der Waals surface area (Å²) in [4.78, 5) is 4.13. The first-order valence-electron chi connectivity index (χ1n) is 5.89. The van der Waals surface area contributed by atoms with E-state index in [0.29, 0.717) is 11.0 Å². The zero-order valence-electron chi connectivity index (χ0n) is 10.7. The number of hydrogen-bond donors (Lipinski definition) is 1. The number of hydrogen-bond acceptors (Lipinski definition) is 4. The van der Waals surface area contributed by atoms with Crippen LogP contribution in [0.25, 0.3) is 11.0 Å². The number of nitrogens with zero attached hydrogens (tertiary/aromatic N) is 2. The number of rotatable bonds is 3. The molecule has 0 saturated heterocycles. The first-order valence-corrected chi connectivity index (χ1v) is 7.39. The maximum atomic E-state index is 12.2. The molecule has 5 nitrogen and oxygen atoms in total. The van der Waals surface area contributed by atoms with Gasteiger partial charge in [-0.25, -0.2) is 17.4 Å². The molecular formula is C12H17N3O2S. The van der Waals surface area contributed by atoms with E-state index in [2.05, 4.69) is 4.98 Å². The van der Waals surface area contributed by atoms with Crippen LogP contribution >= 0.6 is 0 Å².